The van der Waals surface area contributed by atoms with Gasteiger partial charge in [0.15, 0.2) is 6.10 Å². The van der Waals surface area contributed by atoms with E-state index in [0.717, 1.165) is 11.1 Å². The predicted octanol–water partition coefficient (Wildman–Crippen LogP) is 3.48. The molecule has 0 saturated heterocycles. The number of hydrogen-bond acceptors (Lipinski definition) is 5. The van der Waals surface area contributed by atoms with Crippen molar-refractivity contribution in [3.8, 4) is 0 Å². The zero-order chi connectivity index (χ0) is 23.4. The SMILES string of the molecule is Cc1ccc(Cn2nc(C)c(C(=O)OC(C)C(=O)Nc3ccc(C(N)=O)cc3)c2Cl)cc1. The van der Waals surface area contributed by atoms with Gasteiger partial charge in [-0.05, 0) is 50.6 Å². The van der Waals surface area contributed by atoms with Crippen LogP contribution in [0.4, 0.5) is 5.69 Å². The number of primary amides is 1. The van der Waals surface area contributed by atoms with Crippen LogP contribution in [0.5, 0.6) is 0 Å². The van der Waals surface area contributed by atoms with Gasteiger partial charge >= 0.3 is 5.97 Å². The number of anilines is 1. The molecule has 3 N–H and O–H groups in total. The molecular formula is C23H23ClN4O4. The Morgan fingerprint density at radius 1 is 1.09 bits per heavy atom. The van der Waals surface area contributed by atoms with Crippen LogP contribution in [-0.4, -0.2) is 33.7 Å². The Hall–Kier alpha value is -3.65. The number of carbonyl (C=O) groups excluding carboxylic acids is 3. The second-order valence-electron chi connectivity index (χ2n) is 7.37. The van der Waals surface area contributed by atoms with Crippen LogP contribution in [0.2, 0.25) is 5.15 Å². The highest BCUT2D eigenvalue weighted by molar-refractivity contribution is 6.32. The van der Waals surface area contributed by atoms with Crippen LogP contribution in [0.15, 0.2) is 48.5 Å². The van der Waals surface area contributed by atoms with Gasteiger partial charge in [-0.3, -0.25) is 9.59 Å². The molecule has 32 heavy (non-hydrogen) atoms. The number of aryl methyl sites for hydroxylation is 2. The molecular weight excluding hydrogens is 432 g/mol. The van der Waals surface area contributed by atoms with E-state index in [9.17, 15) is 14.4 Å². The van der Waals surface area contributed by atoms with Gasteiger partial charge in [0, 0.05) is 11.3 Å². The van der Waals surface area contributed by atoms with E-state index >= 15 is 0 Å². The van der Waals surface area contributed by atoms with Gasteiger partial charge < -0.3 is 15.8 Å². The average molecular weight is 455 g/mol. The van der Waals surface area contributed by atoms with Crippen LogP contribution in [0.3, 0.4) is 0 Å². The third kappa shape index (κ3) is 5.33. The zero-order valence-electron chi connectivity index (χ0n) is 17.9. The second kappa shape index (κ2) is 9.65. The maximum absolute atomic E-state index is 12.7. The minimum atomic E-state index is -1.09. The van der Waals surface area contributed by atoms with Crippen molar-refractivity contribution in [2.75, 3.05) is 5.32 Å². The molecule has 0 saturated carbocycles. The minimum absolute atomic E-state index is 0.115. The lowest BCUT2D eigenvalue weighted by atomic mass is 10.1. The van der Waals surface area contributed by atoms with Gasteiger partial charge in [-0.25, -0.2) is 9.48 Å². The number of rotatable bonds is 7. The van der Waals surface area contributed by atoms with Gasteiger partial charge in [-0.1, -0.05) is 41.4 Å². The van der Waals surface area contributed by atoms with Crippen molar-refractivity contribution in [2.45, 2.75) is 33.4 Å². The third-order valence-corrected chi connectivity index (χ3v) is 5.20. The lowest BCUT2D eigenvalue weighted by molar-refractivity contribution is -0.123. The number of nitrogens with zero attached hydrogens (tertiary/aromatic N) is 2. The molecule has 8 nitrogen and oxygen atoms in total. The fraction of sp³-hybridized carbons (Fsp3) is 0.217. The van der Waals surface area contributed by atoms with E-state index in [1.807, 2.05) is 31.2 Å². The first-order chi connectivity index (χ1) is 15.2. The molecule has 0 aliphatic heterocycles. The van der Waals surface area contributed by atoms with E-state index < -0.39 is 23.9 Å². The molecule has 2 aromatic carbocycles. The molecule has 0 aliphatic carbocycles. The number of nitrogens with two attached hydrogens (primary N) is 1. The van der Waals surface area contributed by atoms with E-state index in [1.165, 1.54) is 35.9 Å². The molecule has 1 atom stereocenters. The number of carbonyl (C=O) groups is 3. The van der Waals surface area contributed by atoms with Gasteiger partial charge in [0.25, 0.3) is 5.91 Å². The average Bonchev–Trinajstić information content (AvgIpc) is 3.02. The number of aromatic nitrogens is 2. The van der Waals surface area contributed by atoms with Crippen molar-refractivity contribution in [1.29, 1.82) is 0 Å². The van der Waals surface area contributed by atoms with E-state index in [4.69, 9.17) is 22.1 Å². The number of hydrogen-bond donors (Lipinski definition) is 2. The molecule has 166 valence electrons. The van der Waals surface area contributed by atoms with Crippen molar-refractivity contribution < 1.29 is 19.1 Å². The Labute approximate surface area is 190 Å². The summed E-state index contributed by atoms with van der Waals surface area (Å²) in [6.07, 6.45) is -1.09. The predicted molar refractivity (Wildman–Crippen MR) is 121 cm³/mol. The zero-order valence-corrected chi connectivity index (χ0v) is 18.6. The quantitative estimate of drug-likeness (QED) is 0.530. The number of nitrogens with one attached hydrogen (secondary N) is 1. The fourth-order valence-electron chi connectivity index (χ4n) is 2.99. The number of ether oxygens (including phenoxy) is 1. The van der Waals surface area contributed by atoms with Crippen molar-refractivity contribution in [3.05, 3.63) is 81.6 Å². The van der Waals surface area contributed by atoms with Gasteiger partial charge in [0.05, 0.1) is 12.2 Å². The summed E-state index contributed by atoms with van der Waals surface area (Å²) in [7, 11) is 0. The number of halogens is 1. The smallest absolute Gasteiger partial charge is 0.343 e. The van der Waals surface area contributed by atoms with Crippen molar-refractivity contribution >= 4 is 35.1 Å². The number of benzene rings is 2. The van der Waals surface area contributed by atoms with Gasteiger partial charge in [0.2, 0.25) is 5.91 Å². The molecule has 0 aliphatic rings. The van der Waals surface area contributed by atoms with Crippen molar-refractivity contribution in [3.63, 3.8) is 0 Å². The monoisotopic (exact) mass is 454 g/mol. The van der Waals surface area contributed by atoms with Gasteiger partial charge in [0.1, 0.15) is 10.7 Å². The summed E-state index contributed by atoms with van der Waals surface area (Å²) >= 11 is 6.40. The normalized spacial score (nSPS) is 11.6. The summed E-state index contributed by atoms with van der Waals surface area (Å²) in [5.41, 5.74) is 8.58. The standard InChI is InChI=1S/C23H23ClN4O4/c1-13-4-6-16(7-5-13)12-28-20(24)19(14(2)27-28)23(31)32-15(3)22(30)26-18-10-8-17(9-11-18)21(25)29/h4-11,15H,12H2,1-3H3,(H2,25,29)(H,26,30). The van der Waals surface area contributed by atoms with E-state index in [1.54, 1.807) is 6.92 Å². The molecule has 1 heterocycles. The Morgan fingerprint density at radius 2 is 1.72 bits per heavy atom. The van der Waals surface area contributed by atoms with Crippen LogP contribution < -0.4 is 11.1 Å². The lowest BCUT2D eigenvalue weighted by Gasteiger charge is -2.13. The summed E-state index contributed by atoms with van der Waals surface area (Å²) in [5, 5.41) is 7.09. The summed E-state index contributed by atoms with van der Waals surface area (Å²) in [5.74, 6) is -1.85. The molecule has 1 unspecified atom stereocenters. The van der Waals surface area contributed by atoms with Crippen molar-refractivity contribution in [2.24, 2.45) is 5.73 Å². The highest BCUT2D eigenvalue weighted by Crippen LogP contribution is 2.23. The van der Waals surface area contributed by atoms with Crippen LogP contribution in [-0.2, 0) is 16.1 Å². The fourth-order valence-corrected chi connectivity index (χ4v) is 3.30. The minimum Gasteiger partial charge on any atom is -0.449 e. The van der Waals surface area contributed by atoms with Crippen LogP contribution in [0.25, 0.3) is 0 Å². The summed E-state index contributed by atoms with van der Waals surface area (Å²) < 4.78 is 6.83. The van der Waals surface area contributed by atoms with E-state index in [-0.39, 0.29) is 10.7 Å². The lowest BCUT2D eigenvalue weighted by Crippen LogP contribution is -2.30. The molecule has 0 radical (unpaired) electrons. The first kappa shape index (κ1) is 23.0. The number of amides is 2. The Bertz CT molecular complexity index is 1150. The summed E-state index contributed by atoms with van der Waals surface area (Å²) in [6.45, 7) is 5.49. The first-order valence-electron chi connectivity index (χ1n) is 9.86. The number of esters is 1. The van der Waals surface area contributed by atoms with Gasteiger partial charge in [-0.2, -0.15) is 5.10 Å². The Kier molecular flexibility index (Phi) is 6.95. The largest absolute Gasteiger partial charge is 0.449 e. The molecule has 0 fully saturated rings. The van der Waals surface area contributed by atoms with E-state index in [2.05, 4.69) is 10.4 Å². The summed E-state index contributed by atoms with van der Waals surface area (Å²) in [6, 6.07) is 13.9. The van der Waals surface area contributed by atoms with Crippen LogP contribution >= 0.6 is 11.6 Å². The molecule has 3 rings (SSSR count). The second-order valence-corrected chi connectivity index (χ2v) is 7.73. The highest BCUT2D eigenvalue weighted by atomic mass is 35.5. The molecule has 0 spiro atoms. The molecule has 3 aromatic rings. The maximum Gasteiger partial charge on any atom is 0.343 e. The Balaban J connectivity index is 1.66. The highest BCUT2D eigenvalue weighted by Gasteiger charge is 2.26. The third-order valence-electron chi connectivity index (χ3n) is 4.81. The van der Waals surface area contributed by atoms with Gasteiger partial charge in [-0.15, -0.1) is 0 Å². The Morgan fingerprint density at radius 3 is 2.31 bits per heavy atom. The molecule has 2 amide bonds. The summed E-state index contributed by atoms with van der Waals surface area (Å²) in [4.78, 5) is 36.2. The molecule has 0 bridgehead atoms. The topological polar surface area (TPSA) is 116 Å². The molecule has 9 heteroatoms. The van der Waals surface area contributed by atoms with Crippen LogP contribution in [0, 0.1) is 13.8 Å². The van der Waals surface area contributed by atoms with E-state index in [0.29, 0.717) is 23.5 Å². The van der Waals surface area contributed by atoms with Crippen molar-refractivity contribution in [1.82, 2.24) is 9.78 Å². The molecule has 1 aromatic heterocycles. The first-order valence-corrected chi connectivity index (χ1v) is 10.2. The van der Waals surface area contributed by atoms with Crippen LogP contribution in [0.1, 0.15) is 44.5 Å². The maximum atomic E-state index is 12.7.